The first-order valence-corrected chi connectivity index (χ1v) is 7.51. The molecule has 1 saturated heterocycles. The van der Waals surface area contributed by atoms with Crippen LogP contribution < -0.4 is 0 Å². The lowest BCUT2D eigenvalue weighted by atomic mass is 10.1. The minimum Gasteiger partial charge on any atom is -0.338 e. The molecule has 122 valence electrons. The molecule has 0 N–H and O–H groups in total. The molecule has 0 saturated carbocycles. The van der Waals surface area contributed by atoms with E-state index >= 15 is 0 Å². The maximum absolute atomic E-state index is 13.2. The average Bonchev–Trinajstić information content (AvgIpc) is 2.93. The molecule has 7 heteroatoms. The topological polar surface area (TPSA) is 62.5 Å². The number of carbonyl (C=O) groups is 1. The van der Waals surface area contributed by atoms with E-state index in [1.54, 1.807) is 18.7 Å². The van der Waals surface area contributed by atoms with Gasteiger partial charge in [0.25, 0.3) is 5.91 Å². The van der Waals surface area contributed by atoms with Crippen molar-refractivity contribution in [1.29, 1.82) is 0 Å². The zero-order valence-corrected chi connectivity index (χ0v) is 13.4. The van der Waals surface area contributed by atoms with Crippen LogP contribution in [-0.4, -0.2) is 52.5 Å². The van der Waals surface area contributed by atoms with Gasteiger partial charge in [0.15, 0.2) is 5.82 Å². The molecule has 1 amide bonds. The zero-order valence-electron chi connectivity index (χ0n) is 13.4. The molecule has 1 aromatic heterocycles. The fraction of sp³-hybridized carbons (Fsp3) is 0.438. The van der Waals surface area contributed by atoms with E-state index in [2.05, 4.69) is 15.0 Å². The second-order valence-electron chi connectivity index (χ2n) is 5.89. The van der Waals surface area contributed by atoms with E-state index in [0.717, 1.165) is 0 Å². The maximum atomic E-state index is 13.2. The summed E-state index contributed by atoms with van der Waals surface area (Å²) < 4.78 is 18.5. The summed E-state index contributed by atoms with van der Waals surface area (Å²) in [7, 11) is 1.97. The number of piperazine rings is 1. The third-order valence-corrected chi connectivity index (χ3v) is 4.18. The first kappa shape index (κ1) is 15.6. The highest BCUT2D eigenvalue weighted by Gasteiger charge is 2.32. The molecule has 0 radical (unpaired) electrons. The van der Waals surface area contributed by atoms with Crippen LogP contribution in [0, 0.1) is 19.7 Å². The van der Waals surface area contributed by atoms with Crippen LogP contribution in [0.25, 0.3) is 0 Å². The Hall–Kier alpha value is -2.28. The lowest BCUT2D eigenvalue weighted by Gasteiger charge is -2.37. The largest absolute Gasteiger partial charge is 0.338 e. The normalized spacial score (nSPS) is 19.1. The Morgan fingerprint density at radius 3 is 2.78 bits per heavy atom. The highest BCUT2D eigenvalue weighted by atomic mass is 19.1. The SMILES string of the molecule is Cc1noc([C@@H]2CN(C(=O)c3ccc(F)cc3C)CCN2C)n1. The molecule has 1 aliphatic rings. The van der Waals surface area contributed by atoms with Gasteiger partial charge in [0.1, 0.15) is 11.9 Å². The number of halogens is 1. The van der Waals surface area contributed by atoms with Gasteiger partial charge in [-0.2, -0.15) is 4.98 Å². The fourth-order valence-electron chi connectivity index (χ4n) is 2.81. The standard InChI is InChI=1S/C16H19FN4O2/c1-10-8-12(17)4-5-13(10)16(22)21-7-6-20(3)14(9-21)15-18-11(2)19-23-15/h4-5,8,14H,6-7,9H2,1-3H3/t14-/m0/s1. The Bertz CT molecular complexity index is 731. The van der Waals surface area contributed by atoms with Gasteiger partial charge in [-0.05, 0) is 44.7 Å². The Kier molecular flexibility index (Phi) is 4.12. The van der Waals surface area contributed by atoms with E-state index in [4.69, 9.17) is 4.52 Å². The minimum atomic E-state index is -0.336. The monoisotopic (exact) mass is 318 g/mol. The van der Waals surface area contributed by atoms with E-state index in [0.29, 0.717) is 42.5 Å². The Balaban J connectivity index is 1.81. The minimum absolute atomic E-state index is 0.100. The van der Waals surface area contributed by atoms with Crippen LogP contribution in [0.4, 0.5) is 4.39 Å². The number of likely N-dealkylation sites (N-methyl/N-ethyl adjacent to an activating group) is 1. The zero-order chi connectivity index (χ0) is 16.6. The number of aryl methyl sites for hydroxylation is 2. The molecule has 1 aliphatic heterocycles. The van der Waals surface area contributed by atoms with Crippen LogP contribution in [0.1, 0.15) is 33.7 Å². The van der Waals surface area contributed by atoms with Crippen LogP contribution in [0.3, 0.4) is 0 Å². The van der Waals surface area contributed by atoms with Crippen molar-refractivity contribution in [2.24, 2.45) is 0 Å². The molecule has 3 rings (SSSR count). The summed E-state index contributed by atoms with van der Waals surface area (Å²) >= 11 is 0. The first-order valence-electron chi connectivity index (χ1n) is 7.51. The fourth-order valence-corrected chi connectivity index (χ4v) is 2.81. The van der Waals surface area contributed by atoms with Crippen LogP contribution in [0.5, 0.6) is 0 Å². The van der Waals surface area contributed by atoms with E-state index in [-0.39, 0.29) is 17.8 Å². The van der Waals surface area contributed by atoms with Gasteiger partial charge >= 0.3 is 0 Å². The Morgan fingerprint density at radius 2 is 2.13 bits per heavy atom. The van der Waals surface area contributed by atoms with E-state index in [1.165, 1.54) is 18.2 Å². The first-order chi connectivity index (χ1) is 11.0. The number of benzene rings is 1. The highest BCUT2D eigenvalue weighted by Crippen LogP contribution is 2.24. The van der Waals surface area contributed by atoms with Crippen molar-refractivity contribution in [1.82, 2.24) is 19.9 Å². The van der Waals surface area contributed by atoms with E-state index in [9.17, 15) is 9.18 Å². The summed E-state index contributed by atoms with van der Waals surface area (Å²) in [5.41, 5.74) is 1.16. The molecule has 1 aromatic carbocycles. The molecule has 2 heterocycles. The van der Waals surface area contributed by atoms with Crippen molar-refractivity contribution < 1.29 is 13.7 Å². The molecule has 0 bridgehead atoms. The molecule has 0 unspecified atom stereocenters. The van der Waals surface area contributed by atoms with Gasteiger partial charge < -0.3 is 9.42 Å². The van der Waals surface area contributed by atoms with Crippen molar-refractivity contribution in [3.8, 4) is 0 Å². The summed E-state index contributed by atoms with van der Waals surface area (Å²) in [5.74, 6) is 0.651. The van der Waals surface area contributed by atoms with Crippen LogP contribution >= 0.6 is 0 Å². The van der Waals surface area contributed by atoms with Crippen molar-refractivity contribution in [2.45, 2.75) is 19.9 Å². The summed E-state index contributed by atoms with van der Waals surface area (Å²) in [5, 5.41) is 3.82. The van der Waals surface area contributed by atoms with Crippen molar-refractivity contribution in [2.75, 3.05) is 26.7 Å². The molecular formula is C16H19FN4O2. The molecule has 0 aliphatic carbocycles. The molecule has 1 atom stereocenters. The van der Waals surface area contributed by atoms with Crippen LogP contribution in [0.2, 0.25) is 0 Å². The molecular weight excluding hydrogens is 299 g/mol. The van der Waals surface area contributed by atoms with Gasteiger partial charge in [0.2, 0.25) is 5.89 Å². The number of aromatic nitrogens is 2. The highest BCUT2D eigenvalue weighted by molar-refractivity contribution is 5.95. The number of hydrogen-bond acceptors (Lipinski definition) is 5. The second kappa shape index (κ2) is 6.08. The van der Waals surface area contributed by atoms with Crippen molar-refractivity contribution in [3.63, 3.8) is 0 Å². The Morgan fingerprint density at radius 1 is 1.35 bits per heavy atom. The van der Waals surface area contributed by atoms with E-state index in [1.807, 2.05) is 7.05 Å². The van der Waals surface area contributed by atoms with Gasteiger partial charge in [-0.25, -0.2) is 4.39 Å². The maximum Gasteiger partial charge on any atom is 0.254 e. The van der Waals surface area contributed by atoms with Crippen molar-refractivity contribution >= 4 is 5.91 Å². The smallest absolute Gasteiger partial charge is 0.254 e. The molecule has 1 fully saturated rings. The van der Waals surface area contributed by atoms with Gasteiger partial charge in [-0.3, -0.25) is 9.69 Å². The van der Waals surface area contributed by atoms with E-state index < -0.39 is 0 Å². The summed E-state index contributed by atoms with van der Waals surface area (Å²) in [6, 6.07) is 4.10. The summed E-state index contributed by atoms with van der Waals surface area (Å²) in [6.07, 6.45) is 0. The van der Waals surface area contributed by atoms with Crippen LogP contribution in [0.15, 0.2) is 22.7 Å². The van der Waals surface area contributed by atoms with Gasteiger partial charge in [-0.1, -0.05) is 5.16 Å². The number of carbonyl (C=O) groups excluding carboxylic acids is 1. The number of rotatable bonds is 2. The second-order valence-corrected chi connectivity index (χ2v) is 5.89. The molecule has 23 heavy (non-hydrogen) atoms. The number of nitrogens with zero attached hydrogens (tertiary/aromatic N) is 4. The third kappa shape index (κ3) is 3.10. The van der Waals surface area contributed by atoms with Gasteiger partial charge in [0.05, 0.1) is 0 Å². The number of amides is 1. The number of hydrogen-bond donors (Lipinski definition) is 0. The lowest BCUT2D eigenvalue weighted by molar-refractivity contribution is 0.0488. The Labute approximate surface area is 133 Å². The van der Waals surface area contributed by atoms with Crippen LogP contribution in [-0.2, 0) is 0 Å². The predicted molar refractivity (Wildman–Crippen MR) is 81.4 cm³/mol. The predicted octanol–water partition coefficient (Wildman–Crippen LogP) is 1.95. The molecule has 0 spiro atoms. The quantitative estimate of drug-likeness (QED) is 0.847. The van der Waals surface area contributed by atoms with Gasteiger partial charge in [0, 0.05) is 25.2 Å². The lowest BCUT2D eigenvalue weighted by Crippen LogP contribution is -2.49. The summed E-state index contributed by atoms with van der Waals surface area (Å²) in [6.45, 7) is 5.29. The average molecular weight is 318 g/mol. The van der Waals surface area contributed by atoms with Crippen molar-refractivity contribution in [3.05, 3.63) is 46.9 Å². The van der Waals surface area contributed by atoms with Gasteiger partial charge in [-0.15, -0.1) is 0 Å². The molecule has 6 nitrogen and oxygen atoms in total. The summed E-state index contributed by atoms with van der Waals surface area (Å²) in [4.78, 5) is 20.9. The third-order valence-electron chi connectivity index (χ3n) is 4.18. The molecule has 2 aromatic rings.